The summed E-state index contributed by atoms with van der Waals surface area (Å²) in [5.74, 6) is 0.892. The van der Waals surface area contributed by atoms with Crippen LogP contribution in [0, 0.1) is 0 Å². The smallest absolute Gasteiger partial charge is 0.150 e. The molecule has 0 saturated heterocycles. The molecular weight excluding hydrogens is 244 g/mol. The lowest BCUT2D eigenvalue weighted by Gasteiger charge is -2.11. The molecule has 1 aromatic rings. The van der Waals surface area contributed by atoms with Crippen LogP contribution in [0.15, 0.2) is 10.5 Å². The first-order valence-electron chi connectivity index (χ1n) is 4.61. The molecule has 0 aliphatic heterocycles. The highest BCUT2D eigenvalue weighted by atomic mass is 79.9. The topological polar surface area (TPSA) is 26.3 Å². The quantitative estimate of drug-likeness (QED) is 0.759. The minimum absolute atomic E-state index is 0.796. The number of carbonyl (C=O) groups is 1. The maximum atomic E-state index is 10.9. The van der Waals surface area contributed by atoms with E-state index < -0.39 is 0 Å². The Kier molecular flexibility index (Phi) is 2.59. The highest BCUT2D eigenvalue weighted by molar-refractivity contribution is 9.10. The van der Waals surface area contributed by atoms with Crippen LogP contribution in [0.5, 0.6) is 5.75 Å². The van der Waals surface area contributed by atoms with Crippen molar-refractivity contribution < 1.29 is 9.53 Å². The zero-order chi connectivity index (χ0) is 10.1. The molecule has 0 spiro atoms. The second kappa shape index (κ2) is 3.73. The van der Waals surface area contributed by atoms with E-state index in [0.29, 0.717) is 0 Å². The summed E-state index contributed by atoms with van der Waals surface area (Å²) in [6, 6.07) is 1.84. The van der Waals surface area contributed by atoms with Crippen LogP contribution in [0.25, 0.3) is 0 Å². The van der Waals surface area contributed by atoms with Gasteiger partial charge in [0.2, 0.25) is 0 Å². The molecule has 0 bridgehead atoms. The number of methoxy groups -OCH3 is 1. The van der Waals surface area contributed by atoms with Crippen LogP contribution in [0.1, 0.15) is 27.9 Å². The number of hydrogen-bond acceptors (Lipinski definition) is 2. The van der Waals surface area contributed by atoms with E-state index in [1.54, 1.807) is 7.11 Å². The van der Waals surface area contributed by atoms with Crippen LogP contribution in [-0.4, -0.2) is 13.4 Å². The molecule has 2 nitrogen and oxygen atoms in total. The zero-order valence-electron chi connectivity index (χ0n) is 7.97. The normalized spacial score (nSPS) is 13.9. The SMILES string of the molecule is COc1c(Br)cc(C=O)c2c1CCC2. The molecule has 74 valence electrons. The van der Waals surface area contributed by atoms with E-state index in [-0.39, 0.29) is 0 Å². The van der Waals surface area contributed by atoms with Crippen molar-refractivity contribution in [1.29, 1.82) is 0 Å². The Labute approximate surface area is 91.4 Å². The summed E-state index contributed by atoms with van der Waals surface area (Å²) >= 11 is 3.42. The minimum atomic E-state index is 0.796. The van der Waals surface area contributed by atoms with Crippen molar-refractivity contribution in [3.63, 3.8) is 0 Å². The van der Waals surface area contributed by atoms with Crippen molar-refractivity contribution in [2.75, 3.05) is 7.11 Å². The fourth-order valence-corrected chi connectivity index (χ4v) is 2.72. The average molecular weight is 255 g/mol. The summed E-state index contributed by atoms with van der Waals surface area (Å²) in [5.41, 5.74) is 3.16. The van der Waals surface area contributed by atoms with E-state index in [4.69, 9.17) is 4.74 Å². The van der Waals surface area contributed by atoms with Gasteiger partial charge in [-0.1, -0.05) is 0 Å². The summed E-state index contributed by atoms with van der Waals surface area (Å²) in [7, 11) is 1.67. The third-order valence-electron chi connectivity index (χ3n) is 2.67. The first kappa shape index (κ1) is 9.71. The Bertz CT molecular complexity index is 385. The lowest BCUT2D eigenvalue weighted by molar-refractivity contribution is 0.112. The predicted molar refractivity (Wildman–Crippen MR) is 58.1 cm³/mol. The Morgan fingerprint density at radius 3 is 2.79 bits per heavy atom. The lowest BCUT2D eigenvalue weighted by Crippen LogP contribution is -1.97. The van der Waals surface area contributed by atoms with Crippen LogP contribution in [0.4, 0.5) is 0 Å². The summed E-state index contributed by atoms with van der Waals surface area (Å²) in [5, 5.41) is 0. The molecule has 3 heteroatoms. The second-order valence-electron chi connectivity index (χ2n) is 3.41. The molecule has 1 aliphatic carbocycles. The Hall–Kier alpha value is -0.830. The van der Waals surface area contributed by atoms with Gasteiger partial charge in [-0.3, -0.25) is 4.79 Å². The van der Waals surface area contributed by atoms with E-state index >= 15 is 0 Å². The molecule has 0 N–H and O–H groups in total. The molecule has 0 aromatic heterocycles. The van der Waals surface area contributed by atoms with Gasteiger partial charge in [-0.2, -0.15) is 0 Å². The molecule has 0 fully saturated rings. The van der Waals surface area contributed by atoms with Gasteiger partial charge in [0.25, 0.3) is 0 Å². The van der Waals surface area contributed by atoms with Gasteiger partial charge in [0.05, 0.1) is 11.6 Å². The first-order valence-corrected chi connectivity index (χ1v) is 5.40. The number of aldehydes is 1. The fourth-order valence-electron chi connectivity index (χ4n) is 2.07. The lowest BCUT2D eigenvalue weighted by atomic mass is 10.0. The number of carbonyl (C=O) groups excluding carboxylic acids is 1. The van der Waals surface area contributed by atoms with Gasteiger partial charge in [-0.15, -0.1) is 0 Å². The molecule has 0 unspecified atom stereocenters. The summed E-state index contributed by atoms with van der Waals surface area (Å²) in [6.07, 6.45) is 4.04. The molecule has 0 atom stereocenters. The monoisotopic (exact) mass is 254 g/mol. The summed E-state index contributed by atoms with van der Waals surface area (Å²) in [4.78, 5) is 10.9. The molecule has 2 rings (SSSR count). The van der Waals surface area contributed by atoms with Crippen molar-refractivity contribution in [3.8, 4) is 5.75 Å². The average Bonchev–Trinajstić information content (AvgIpc) is 2.65. The van der Waals surface area contributed by atoms with Crippen molar-refractivity contribution in [2.45, 2.75) is 19.3 Å². The third kappa shape index (κ3) is 1.36. The third-order valence-corrected chi connectivity index (χ3v) is 3.26. The minimum Gasteiger partial charge on any atom is -0.495 e. The second-order valence-corrected chi connectivity index (χ2v) is 4.26. The number of hydrogen-bond donors (Lipinski definition) is 0. The van der Waals surface area contributed by atoms with Crippen molar-refractivity contribution in [3.05, 3.63) is 27.2 Å². The largest absolute Gasteiger partial charge is 0.495 e. The van der Waals surface area contributed by atoms with Gasteiger partial charge in [-0.25, -0.2) is 0 Å². The van der Waals surface area contributed by atoms with Gasteiger partial charge in [-0.05, 0) is 52.4 Å². The molecule has 0 amide bonds. The van der Waals surface area contributed by atoms with Crippen LogP contribution >= 0.6 is 15.9 Å². The number of ether oxygens (including phenoxy) is 1. The van der Waals surface area contributed by atoms with E-state index in [1.165, 1.54) is 11.1 Å². The van der Waals surface area contributed by atoms with E-state index in [9.17, 15) is 4.79 Å². The van der Waals surface area contributed by atoms with Gasteiger partial charge >= 0.3 is 0 Å². The van der Waals surface area contributed by atoms with E-state index in [0.717, 1.165) is 41.3 Å². The van der Waals surface area contributed by atoms with E-state index in [1.807, 2.05) is 6.07 Å². The molecular formula is C11H11BrO2. The summed E-state index contributed by atoms with van der Waals surface area (Å²) < 4.78 is 6.20. The standard InChI is InChI=1S/C11H11BrO2/c1-14-11-9-4-2-3-8(9)7(6-13)5-10(11)12/h5-6H,2-4H2,1H3. The van der Waals surface area contributed by atoms with Crippen LogP contribution < -0.4 is 4.74 Å². The Balaban J connectivity index is 2.67. The molecule has 14 heavy (non-hydrogen) atoms. The van der Waals surface area contributed by atoms with Gasteiger partial charge in [0.1, 0.15) is 12.0 Å². The fraction of sp³-hybridized carbons (Fsp3) is 0.364. The first-order chi connectivity index (χ1) is 6.77. The van der Waals surface area contributed by atoms with Crippen LogP contribution in [-0.2, 0) is 12.8 Å². The predicted octanol–water partition coefficient (Wildman–Crippen LogP) is 2.76. The molecule has 0 radical (unpaired) electrons. The van der Waals surface area contributed by atoms with Crippen molar-refractivity contribution in [1.82, 2.24) is 0 Å². The van der Waals surface area contributed by atoms with Gasteiger partial charge < -0.3 is 4.74 Å². The molecule has 1 aromatic carbocycles. The van der Waals surface area contributed by atoms with Crippen molar-refractivity contribution in [2.24, 2.45) is 0 Å². The number of rotatable bonds is 2. The van der Waals surface area contributed by atoms with Crippen LogP contribution in [0.2, 0.25) is 0 Å². The highest BCUT2D eigenvalue weighted by Crippen LogP contribution is 2.38. The number of halogens is 1. The van der Waals surface area contributed by atoms with E-state index in [2.05, 4.69) is 15.9 Å². The van der Waals surface area contributed by atoms with Gasteiger partial charge in [0.15, 0.2) is 0 Å². The highest BCUT2D eigenvalue weighted by Gasteiger charge is 2.21. The maximum absolute atomic E-state index is 10.9. The number of fused-ring (bicyclic) bond motifs is 1. The molecule has 0 saturated carbocycles. The van der Waals surface area contributed by atoms with Crippen molar-refractivity contribution >= 4 is 22.2 Å². The molecule has 0 heterocycles. The maximum Gasteiger partial charge on any atom is 0.150 e. The zero-order valence-corrected chi connectivity index (χ0v) is 9.56. The molecule has 1 aliphatic rings. The number of benzene rings is 1. The van der Waals surface area contributed by atoms with Crippen LogP contribution in [0.3, 0.4) is 0 Å². The summed E-state index contributed by atoms with van der Waals surface area (Å²) in [6.45, 7) is 0. The Morgan fingerprint density at radius 2 is 2.14 bits per heavy atom. The Morgan fingerprint density at radius 1 is 1.43 bits per heavy atom. The van der Waals surface area contributed by atoms with Gasteiger partial charge in [0, 0.05) is 5.56 Å².